The second-order valence-corrected chi connectivity index (χ2v) is 11.0. The number of aromatic nitrogens is 4. The van der Waals surface area contributed by atoms with Crippen molar-refractivity contribution in [1.29, 1.82) is 0 Å². The molecule has 5 rings (SSSR count). The third-order valence-corrected chi connectivity index (χ3v) is 8.15. The van der Waals surface area contributed by atoms with Crippen LogP contribution in [0.3, 0.4) is 0 Å². The fraction of sp³-hybridized carbons (Fsp3) is 0.303. The maximum atomic E-state index is 15.7. The number of ether oxygens (including phenoxy) is 1. The lowest BCUT2D eigenvalue weighted by Gasteiger charge is -2.36. The van der Waals surface area contributed by atoms with Crippen LogP contribution in [0.5, 0.6) is 5.75 Å². The maximum absolute atomic E-state index is 15.7. The first-order valence-electron chi connectivity index (χ1n) is 14.8. The van der Waals surface area contributed by atoms with Crippen LogP contribution in [0, 0.1) is 17.6 Å². The predicted molar refractivity (Wildman–Crippen MR) is 161 cm³/mol. The van der Waals surface area contributed by atoms with Crippen molar-refractivity contribution in [2.24, 2.45) is 5.92 Å². The van der Waals surface area contributed by atoms with Gasteiger partial charge in [0.2, 0.25) is 5.91 Å². The molecular formula is C33H31F5N6O3. The number of tetrazole rings is 1. The van der Waals surface area contributed by atoms with Gasteiger partial charge in [0, 0.05) is 24.1 Å². The molecule has 14 heteroatoms. The second-order valence-electron chi connectivity index (χ2n) is 11.0. The van der Waals surface area contributed by atoms with Crippen molar-refractivity contribution >= 4 is 17.4 Å². The molecule has 1 aliphatic rings. The van der Waals surface area contributed by atoms with Gasteiger partial charge in [0.25, 0.3) is 5.91 Å². The lowest BCUT2D eigenvalue weighted by molar-refractivity contribution is -0.146. The zero-order valence-electron chi connectivity index (χ0n) is 25.4. The molecule has 0 saturated heterocycles. The summed E-state index contributed by atoms with van der Waals surface area (Å²) in [5.41, 5.74) is -1.62. The summed E-state index contributed by atoms with van der Waals surface area (Å²) in [7, 11) is 1.25. The molecule has 1 unspecified atom stereocenters. The number of halogens is 5. The number of hydrogen-bond acceptors (Lipinski definition) is 7. The smallest absolute Gasteiger partial charge is 0.416 e. The van der Waals surface area contributed by atoms with Gasteiger partial charge in [-0.15, -0.1) is 10.2 Å². The Morgan fingerprint density at radius 1 is 1.02 bits per heavy atom. The molecule has 0 radical (unpaired) electrons. The Bertz CT molecular complexity index is 1760. The highest BCUT2D eigenvalue weighted by atomic mass is 19.4. The average Bonchev–Trinajstić information content (AvgIpc) is 3.57. The SMILES string of the molecule is COc1cccc(C2=C(C)C(Cc3c(F)cccc3C(F)(F)F)C(=O)N(C[C@H](NCCCc3nn[nH]n3)c3ccccc3)C2=O)c1F. The Morgan fingerprint density at radius 3 is 2.45 bits per heavy atom. The van der Waals surface area contributed by atoms with Gasteiger partial charge in [0.05, 0.1) is 30.2 Å². The summed E-state index contributed by atoms with van der Waals surface area (Å²) in [6, 6.07) is 15.0. The van der Waals surface area contributed by atoms with E-state index < -0.39 is 59.1 Å². The molecule has 0 aliphatic carbocycles. The quantitative estimate of drug-likeness (QED) is 0.118. The van der Waals surface area contributed by atoms with Crippen LogP contribution in [0.1, 0.15) is 47.5 Å². The first-order chi connectivity index (χ1) is 22.5. The summed E-state index contributed by atoms with van der Waals surface area (Å²) in [6.45, 7) is 1.54. The first kappa shape index (κ1) is 33.4. The molecule has 2 N–H and O–H groups in total. The molecule has 1 aromatic heterocycles. The lowest BCUT2D eigenvalue weighted by atomic mass is 9.81. The van der Waals surface area contributed by atoms with Gasteiger partial charge in [-0.1, -0.05) is 53.7 Å². The molecule has 47 heavy (non-hydrogen) atoms. The maximum Gasteiger partial charge on any atom is 0.416 e. The monoisotopic (exact) mass is 654 g/mol. The first-order valence-corrected chi connectivity index (χ1v) is 14.8. The molecule has 4 aromatic rings. The van der Waals surface area contributed by atoms with E-state index in [2.05, 4.69) is 25.9 Å². The van der Waals surface area contributed by atoms with Crippen LogP contribution < -0.4 is 10.1 Å². The van der Waals surface area contributed by atoms with Gasteiger partial charge in [0.1, 0.15) is 5.82 Å². The number of nitrogens with zero attached hydrogens (tertiary/aromatic N) is 4. The van der Waals surface area contributed by atoms with E-state index in [1.807, 2.05) is 0 Å². The van der Waals surface area contributed by atoms with Gasteiger partial charge in [-0.05, 0) is 55.6 Å². The molecule has 0 fully saturated rings. The molecule has 0 saturated carbocycles. The Hall–Kier alpha value is -4.98. The number of nitrogens with one attached hydrogen (secondary N) is 2. The number of imide groups is 1. The van der Waals surface area contributed by atoms with Crippen molar-refractivity contribution in [3.8, 4) is 5.75 Å². The third-order valence-electron chi connectivity index (χ3n) is 8.15. The number of carbonyl (C=O) groups excluding carboxylic acids is 2. The van der Waals surface area contributed by atoms with Crippen LogP contribution in [0.15, 0.2) is 72.3 Å². The average molecular weight is 655 g/mol. The lowest BCUT2D eigenvalue weighted by Crippen LogP contribution is -2.50. The summed E-state index contributed by atoms with van der Waals surface area (Å²) in [5.74, 6) is -4.78. The second kappa shape index (κ2) is 14.2. The summed E-state index contributed by atoms with van der Waals surface area (Å²) in [6.07, 6.45) is -4.56. The van der Waals surface area contributed by atoms with Crippen molar-refractivity contribution in [3.05, 3.63) is 112 Å². The molecule has 2 heterocycles. The van der Waals surface area contributed by atoms with E-state index in [1.54, 1.807) is 30.3 Å². The summed E-state index contributed by atoms with van der Waals surface area (Å²) >= 11 is 0. The van der Waals surface area contributed by atoms with E-state index in [4.69, 9.17) is 4.74 Å². The highest BCUT2D eigenvalue weighted by Gasteiger charge is 2.43. The van der Waals surface area contributed by atoms with Crippen molar-refractivity contribution in [2.45, 2.75) is 38.4 Å². The number of hydrogen-bond donors (Lipinski definition) is 2. The molecule has 0 spiro atoms. The molecule has 3 aromatic carbocycles. The van der Waals surface area contributed by atoms with E-state index in [0.717, 1.165) is 28.7 Å². The van der Waals surface area contributed by atoms with E-state index in [-0.39, 0.29) is 29.0 Å². The highest BCUT2D eigenvalue weighted by Crippen LogP contribution is 2.40. The van der Waals surface area contributed by atoms with Crippen molar-refractivity contribution in [3.63, 3.8) is 0 Å². The molecular weight excluding hydrogens is 623 g/mol. The Morgan fingerprint density at radius 2 is 1.77 bits per heavy atom. The zero-order valence-corrected chi connectivity index (χ0v) is 25.4. The molecule has 9 nitrogen and oxygen atoms in total. The van der Waals surface area contributed by atoms with Gasteiger partial charge >= 0.3 is 6.18 Å². The Balaban J connectivity index is 1.55. The zero-order chi connectivity index (χ0) is 33.7. The number of aromatic amines is 1. The Labute approximate surface area is 266 Å². The van der Waals surface area contributed by atoms with Gasteiger partial charge in [0.15, 0.2) is 17.4 Å². The number of alkyl halides is 3. The largest absolute Gasteiger partial charge is 0.494 e. The molecule has 2 atom stereocenters. The topological polar surface area (TPSA) is 113 Å². The van der Waals surface area contributed by atoms with Crippen LogP contribution in [-0.2, 0) is 28.6 Å². The van der Waals surface area contributed by atoms with E-state index in [9.17, 15) is 22.8 Å². The minimum Gasteiger partial charge on any atom is -0.494 e. The fourth-order valence-corrected chi connectivity index (χ4v) is 5.76. The number of benzene rings is 3. The normalized spacial score (nSPS) is 16.1. The van der Waals surface area contributed by atoms with Gasteiger partial charge in [-0.2, -0.15) is 18.4 Å². The van der Waals surface area contributed by atoms with E-state index in [0.29, 0.717) is 25.2 Å². The van der Waals surface area contributed by atoms with Gasteiger partial charge in [-0.3, -0.25) is 14.5 Å². The van der Waals surface area contributed by atoms with Crippen molar-refractivity contribution in [2.75, 3.05) is 20.2 Å². The van der Waals surface area contributed by atoms with Crippen LogP contribution in [0.2, 0.25) is 0 Å². The standard InChI is InChI=1S/C33H31F5N6O3/c1-19-22(17-23-24(33(36,37)38)12-7-13-25(23)34)31(45)44(32(46)29(19)21-11-6-14-27(47-2)30(21)35)18-26(20-9-4-3-5-10-20)39-16-8-15-28-40-42-43-41-28/h3-7,9-14,22,26,39H,8,15-18H2,1-2H3,(H,40,41,42,43)/t22?,26-/m0/s1. The van der Waals surface area contributed by atoms with Crippen molar-refractivity contribution in [1.82, 2.24) is 30.8 Å². The van der Waals surface area contributed by atoms with Crippen LogP contribution in [0.25, 0.3) is 5.57 Å². The van der Waals surface area contributed by atoms with Crippen LogP contribution in [0.4, 0.5) is 22.0 Å². The Kier molecular flexibility index (Phi) is 10.1. The number of rotatable bonds is 12. The minimum atomic E-state index is -4.91. The number of carbonyl (C=O) groups is 2. The summed E-state index contributed by atoms with van der Waals surface area (Å²) in [4.78, 5) is 29.2. The van der Waals surface area contributed by atoms with Crippen LogP contribution in [-0.4, -0.2) is 57.5 Å². The fourth-order valence-electron chi connectivity index (χ4n) is 5.76. The molecule has 0 bridgehead atoms. The molecule has 2 amide bonds. The predicted octanol–water partition coefficient (Wildman–Crippen LogP) is 5.47. The minimum absolute atomic E-state index is 0.0177. The van der Waals surface area contributed by atoms with E-state index in [1.165, 1.54) is 32.2 Å². The number of amides is 2. The highest BCUT2D eigenvalue weighted by molar-refractivity contribution is 6.27. The van der Waals surface area contributed by atoms with Gasteiger partial charge < -0.3 is 10.1 Å². The van der Waals surface area contributed by atoms with Crippen LogP contribution >= 0.6 is 0 Å². The van der Waals surface area contributed by atoms with Gasteiger partial charge in [-0.25, -0.2) is 8.78 Å². The number of H-pyrrole nitrogens is 1. The third kappa shape index (κ3) is 7.22. The number of methoxy groups -OCH3 is 1. The summed E-state index contributed by atoms with van der Waals surface area (Å²) in [5, 5.41) is 17.1. The number of aryl methyl sites for hydroxylation is 1. The summed E-state index contributed by atoms with van der Waals surface area (Å²) < 4.78 is 77.7. The van der Waals surface area contributed by atoms with E-state index >= 15 is 8.78 Å². The van der Waals surface area contributed by atoms with Crippen molar-refractivity contribution < 1.29 is 36.3 Å². The molecule has 246 valence electrons. The molecule has 1 aliphatic heterocycles.